The third-order valence-electron chi connectivity index (χ3n) is 3.82. The molecule has 0 aliphatic rings. The molecule has 1 aromatic rings. The van der Waals surface area contributed by atoms with Crippen molar-refractivity contribution in [2.45, 2.75) is 39.0 Å². The molecule has 0 saturated heterocycles. The number of hydrogen-bond acceptors (Lipinski definition) is 4. The summed E-state index contributed by atoms with van der Waals surface area (Å²) in [4.78, 5) is 13.6. The summed E-state index contributed by atoms with van der Waals surface area (Å²) in [6.45, 7) is 4.81. The van der Waals surface area contributed by atoms with Crippen molar-refractivity contribution in [3.05, 3.63) is 35.9 Å². The number of carbonyl (C=O) groups is 1. The van der Waals surface area contributed by atoms with Gasteiger partial charge in [0, 0.05) is 13.6 Å². The van der Waals surface area contributed by atoms with Crippen molar-refractivity contribution < 1.29 is 14.6 Å². The first kappa shape index (κ1) is 18.6. The molecule has 0 heterocycles. The van der Waals surface area contributed by atoms with E-state index in [1.807, 2.05) is 44.2 Å². The Morgan fingerprint density at radius 2 is 2.00 bits per heavy atom. The zero-order valence-electron chi connectivity index (χ0n) is 13.7. The van der Waals surface area contributed by atoms with Gasteiger partial charge in [-0.25, -0.2) is 0 Å². The van der Waals surface area contributed by atoms with Gasteiger partial charge in [0.15, 0.2) is 0 Å². The number of aliphatic hydroxyl groups excluding tert-OH is 1. The van der Waals surface area contributed by atoms with Gasteiger partial charge in [-0.2, -0.15) is 0 Å². The minimum absolute atomic E-state index is 0.126. The molecule has 0 saturated carbocycles. The highest BCUT2D eigenvalue weighted by Gasteiger charge is 2.24. The van der Waals surface area contributed by atoms with E-state index >= 15 is 0 Å². The van der Waals surface area contributed by atoms with Crippen LogP contribution >= 0.6 is 0 Å². The van der Waals surface area contributed by atoms with E-state index in [-0.39, 0.29) is 25.0 Å². The standard InChI is InChI=1S/C17H28N2O3/c1-4-13(2)16(18)17(21)19(3)10-15(20)12-22-11-14-8-6-5-7-9-14/h5-9,13,15-16,20H,4,10-12,18H2,1-3H3. The lowest BCUT2D eigenvalue weighted by Crippen LogP contribution is -2.48. The monoisotopic (exact) mass is 308 g/mol. The van der Waals surface area contributed by atoms with Crippen molar-refractivity contribution in [2.24, 2.45) is 11.7 Å². The van der Waals surface area contributed by atoms with Crippen LogP contribution in [0.4, 0.5) is 0 Å². The smallest absolute Gasteiger partial charge is 0.239 e. The molecule has 0 aliphatic heterocycles. The average Bonchev–Trinajstić information content (AvgIpc) is 2.53. The van der Waals surface area contributed by atoms with Crippen molar-refractivity contribution in [3.63, 3.8) is 0 Å². The molecule has 0 spiro atoms. The van der Waals surface area contributed by atoms with Crippen LogP contribution in [0, 0.1) is 5.92 Å². The molecule has 0 aromatic heterocycles. The normalized spacial score (nSPS) is 15.1. The summed E-state index contributed by atoms with van der Waals surface area (Å²) in [5.74, 6) is -0.0158. The molecule has 22 heavy (non-hydrogen) atoms. The lowest BCUT2D eigenvalue weighted by atomic mass is 9.99. The molecule has 3 atom stereocenters. The molecule has 1 amide bonds. The molecular formula is C17H28N2O3. The van der Waals surface area contributed by atoms with Gasteiger partial charge in [-0.15, -0.1) is 0 Å². The minimum atomic E-state index is -0.721. The number of likely N-dealkylation sites (N-methyl/N-ethyl adjacent to an activating group) is 1. The van der Waals surface area contributed by atoms with E-state index in [2.05, 4.69) is 0 Å². The molecule has 124 valence electrons. The Hall–Kier alpha value is -1.43. The zero-order valence-corrected chi connectivity index (χ0v) is 13.7. The second kappa shape index (κ2) is 9.56. The van der Waals surface area contributed by atoms with Gasteiger partial charge in [0.2, 0.25) is 5.91 Å². The number of benzene rings is 1. The molecule has 0 bridgehead atoms. The fraction of sp³-hybridized carbons (Fsp3) is 0.588. The lowest BCUT2D eigenvalue weighted by molar-refractivity contribution is -0.134. The quantitative estimate of drug-likeness (QED) is 0.723. The Bertz CT molecular complexity index is 439. The number of hydrogen-bond donors (Lipinski definition) is 2. The molecule has 0 radical (unpaired) electrons. The molecule has 1 aromatic carbocycles. The first-order valence-electron chi connectivity index (χ1n) is 7.76. The van der Waals surface area contributed by atoms with Crippen LogP contribution in [-0.2, 0) is 16.1 Å². The number of rotatable bonds is 9. The molecule has 0 fully saturated rings. The predicted octanol–water partition coefficient (Wildman–Crippen LogP) is 1.40. The van der Waals surface area contributed by atoms with E-state index in [0.29, 0.717) is 6.61 Å². The molecule has 0 aliphatic carbocycles. The topological polar surface area (TPSA) is 75.8 Å². The lowest BCUT2D eigenvalue weighted by Gasteiger charge is -2.26. The number of carbonyl (C=O) groups excluding carboxylic acids is 1. The Morgan fingerprint density at radius 1 is 1.36 bits per heavy atom. The minimum Gasteiger partial charge on any atom is -0.389 e. The van der Waals surface area contributed by atoms with Gasteiger partial charge in [0.05, 0.1) is 25.4 Å². The Morgan fingerprint density at radius 3 is 2.59 bits per heavy atom. The summed E-state index contributed by atoms with van der Waals surface area (Å²) in [5.41, 5.74) is 6.97. The fourth-order valence-corrected chi connectivity index (χ4v) is 2.10. The largest absolute Gasteiger partial charge is 0.389 e. The van der Waals surface area contributed by atoms with Crippen molar-refractivity contribution in [2.75, 3.05) is 20.2 Å². The maximum atomic E-state index is 12.1. The van der Waals surface area contributed by atoms with Gasteiger partial charge in [0.25, 0.3) is 0 Å². The van der Waals surface area contributed by atoms with Crippen LogP contribution in [0.1, 0.15) is 25.8 Å². The maximum Gasteiger partial charge on any atom is 0.239 e. The first-order valence-corrected chi connectivity index (χ1v) is 7.76. The second-order valence-electron chi connectivity index (χ2n) is 5.78. The Kier molecular flexibility index (Phi) is 8.09. The van der Waals surface area contributed by atoms with Crippen LogP contribution < -0.4 is 5.73 Å². The zero-order chi connectivity index (χ0) is 16.5. The van der Waals surface area contributed by atoms with Gasteiger partial charge in [-0.05, 0) is 11.5 Å². The van der Waals surface area contributed by atoms with Crippen LogP contribution in [0.2, 0.25) is 0 Å². The van der Waals surface area contributed by atoms with E-state index in [9.17, 15) is 9.90 Å². The van der Waals surface area contributed by atoms with E-state index in [1.165, 1.54) is 4.90 Å². The number of nitrogens with zero attached hydrogens (tertiary/aromatic N) is 1. The molecule has 1 rings (SSSR count). The van der Waals surface area contributed by atoms with E-state index in [1.54, 1.807) is 7.05 Å². The van der Waals surface area contributed by atoms with E-state index in [4.69, 9.17) is 10.5 Å². The highest BCUT2D eigenvalue weighted by molar-refractivity contribution is 5.81. The molecule has 5 nitrogen and oxygen atoms in total. The number of nitrogens with two attached hydrogens (primary N) is 1. The van der Waals surface area contributed by atoms with Crippen molar-refractivity contribution in [1.82, 2.24) is 4.90 Å². The van der Waals surface area contributed by atoms with Crippen LogP contribution in [0.5, 0.6) is 0 Å². The highest BCUT2D eigenvalue weighted by Crippen LogP contribution is 2.08. The number of ether oxygens (including phenoxy) is 1. The molecule has 3 unspecified atom stereocenters. The summed E-state index contributed by atoms with van der Waals surface area (Å²) in [5, 5.41) is 9.96. The number of aliphatic hydroxyl groups is 1. The van der Waals surface area contributed by atoms with Gasteiger partial charge in [-0.3, -0.25) is 4.79 Å². The summed E-state index contributed by atoms with van der Waals surface area (Å²) < 4.78 is 5.47. The van der Waals surface area contributed by atoms with E-state index < -0.39 is 12.1 Å². The van der Waals surface area contributed by atoms with Crippen molar-refractivity contribution in [3.8, 4) is 0 Å². The van der Waals surface area contributed by atoms with Crippen molar-refractivity contribution in [1.29, 1.82) is 0 Å². The molecular weight excluding hydrogens is 280 g/mol. The van der Waals surface area contributed by atoms with E-state index in [0.717, 1.165) is 12.0 Å². The number of amides is 1. The van der Waals surface area contributed by atoms with Gasteiger partial charge >= 0.3 is 0 Å². The average molecular weight is 308 g/mol. The Labute approximate surface area is 133 Å². The maximum absolute atomic E-state index is 12.1. The van der Waals surface area contributed by atoms with Crippen LogP contribution in [-0.4, -0.2) is 48.3 Å². The summed E-state index contributed by atoms with van der Waals surface area (Å²) in [6, 6.07) is 9.24. The van der Waals surface area contributed by atoms with Gasteiger partial charge in [-0.1, -0.05) is 50.6 Å². The second-order valence-corrected chi connectivity index (χ2v) is 5.78. The van der Waals surface area contributed by atoms with Crippen molar-refractivity contribution >= 4 is 5.91 Å². The highest BCUT2D eigenvalue weighted by atomic mass is 16.5. The first-order chi connectivity index (χ1) is 10.5. The Balaban J connectivity index is 2.31. The third kappa shape index (κ3) is 6.13. The summed E-state index contributed by atoms with van der Waals surface area (Å²) >= 11 is 0. The third-order valence-corrected chi connectivity index (χ3v) is 3.82. The van der Waals surface area contributed by atoms with Gasteiger partial charge in [0.1, 0.15) is 0 Å². The van der Waals surface area contributed by atoms with Gasteiger partial charge < -0.3 is 20.5 Å². The SMILES string of the molecule is CCC(C)C(N)C(=O)N(C)CC(O)COCc1ccccc1. The molecule has 3 N–H and O–H groups in total. The predicted molar refractivity (Wildman–Crippen MR) is 87.2 cm³/mol. The summed E-state index contributed by atoms with van der Waals surface area (Å²) in [6.07, 6.45) is 0.130. The summed E-state index contributed by atoms with van der Waals surface area (Å²) in [7, 11) is 1.66. The van der Waals surface area contributed by atoms with Crippen LogP contribution in [0.3, 0.4) is 0 Å². The van der Waals surface area contributed by atoms with Crippen LogP contribution in [0.25, 0.3) is 0 Å². The van der Waals surface area contributed by atoms with Crippen LogP contribution in [0.15, 0.2) is 30.3 Å². The fourth-order valence-electron chi connectivity index (χ4n) is 2.10. The molecule has 5 heteroatoms.